The molecule has 4 heteroatoms. The minimum Gasteiger partial charge on any atom is -0.469 e. The van der Waals surface area contributed by atoms with E-state index in [1.165, 1.54) is 7.11 Å². The molecule has 3 nitrogen and oxygen atoms in total. The molecule has 0 aliphatic heterocycles. The summed E-state index contributed by atoms with van der Waals surface area (Å²) in [5.41, 5.74) is 1.11. The summed E-state index contributed by atoms with van der Waals surface area (Å²) in [6, 6.07) is 8.01. The number of halogens is 1. The van der Waals surface area contributed by atoms with Crippen LogP contribution in [0.3, 0.4) is 0 Å². The summed E-state index contributed by atoms with van der Waals surface area (Å²) in [6.45, 7) is 2.01. The maximum Gasteiger partial charge on any atom is 0.310 e. The van der Waals surface area contributed by atoms with Crippen molar-refractivity contribution in [2.45, 2.75) is 19.4 Å². The second-order valence-electron chi connectivity index (χ2n) is 4.47. The van der Waals surface area contributed by atoms with Gasteiger partial charge in [0.2, 0.25) is 0 Å². The van der Waals surface area contributed by atoms with Gasteiger partial charge in [-0.2, -0.15) is 0 Å². The van der Waals surface area contributed by atoms with Gasteiger partial charge in [0, 0.05) is 10.5 Å². The van der Waals surface area contributed by atoms with E-state index in [1.807, 2.05) is 45.3 Å². The van der Waals surface area contributed by atoms with Crippen LogP contribution >= 0.6 is 15.9 Å². The Kier molecular flexibility index (Phi) is 5.82. The summed E-state index contributed by atoms with van der Waals surface area (Å²) in [5, 5.41) is 0. The Labute approximate surface area is 117 Å². The van der Waals surface area contributed by atoms with Crippen molar-refractivity contribution in [2.75, 3.05) is 21.2 Å². The molecule has 2 atom stereocenters. The molecule has 1 rings (SSSR count). The molecule has 0 amide bonds. The zero-order valence-corrected chi connectivity index (χ0v) is 12.9. The van der Waals surface area contributed by atoms with Crippen LogP contribution in [0, 0.1) is 5.92 Å². The molecule has 0 radical (unpaired) electrons. The van der Waals surface area contributed by atoms with E-state index in [2.05, 4.69) is 20.8 Å². The summed E-state index contributed by atoms with van der Waals surface area (Å²) in [5.74, 6) is -0.323. The number of ether oxygens (including phenoxy) is 1. The lowest BCUT2D eigenvalue weighted by Crippen LogP contribution is -2.33. The lowest BCUT2D eigenvalue weighted by atomic mass is 9.90. The zero-order valence-electron chi connectivity index (χ0n) is 11.3. The number of rotatable bonds is 5. The van der Waals surface area contributed by atoms with Crippen molar-refractivity contribution in [1.29, 1.82) is 0 Å². The maximum atomic E-state index is 11.9. The molecule has 0 aliphatic carbocycles. The number of carbonyl (C=O) groups excluding carboxylic acids is 1. The Morgan fingerprint density at radius 2 is 2.00 bits per heavy atom. The van der Waals surface area contributed by atoms with Crippen LogP contribution in [-0.2, 0) is 9.53 Å². The van der Waals surface area contributed by atoms with Gasteiger partial charge in [0.05, 0.1) is 13.0 Å². The van der Waals surface area contributed by atoms with Crippen molar-refractivity contribution in [3.05, 3.63) is 34.3 Å². The fourth-order valence-corrected chi connectivity index (χ4v) is 2.76. The van der Waals surface area contributed by atoms with Gasteiger partial charge in [-0.05, 0) is 32.1 Å². The van der Waals surface area contributed by atoms with Gasteiger partial charge in [-0.1, -0.05) is 41.1 Å². The fraction of sp³-hybridized carbons (Fsp3) is 0.500. The molecule has 0 aliphatic rings. The van der Waals surface area contributed by atoms with Gasteiger partial charge in [0.25, 0.3) is 0 Å². The standard InChI is InChI=1S/C14H20BrNO2/c1-5-10(14(17)18-4)13(16(2)3)11-8-6-7-9-12(11)15/h6-10,13H,5H2,1-4H3. The third-order valence-electron chi connectivity index (χ3n) is 3.11. The monoisotopic (exact) mass is 313 g/mol. The average Bonchev–Trinajstić information content (AvgIpc) is 2.35. The van der Waals surface area contributed by atoms with Crippen molar-refractivity contribution in [3.8, 4) is 0 Å². The van der Waals surface area contributed by atoms with Crippen LogP contribution in [0.25, 0.3) is 0 Å². The number of carbonyl (C=O) groups is 1. The predicted molar refractivity (Wildman–Crippen MR) is 76.4 cm³/mol. The third-order valence-corrected chi connectivity index (χ3v) is 3.83. The Hall–Kier alpha value is -0.870. The highest BCUT2D eigenvalue weighted by Gasteiger charge is 2.31. The summed E-state index contributed by atoms with van der Waals surface area (Å²) >= 11 is 3.55. The highest BCUT2D eigenvalue weighted by Crippen LogP contribution is 2.34. The van der Waals surface area contributed by atoms with E-state index in [4.69, 9.17) is 4.74 Å². The van der Waals surface area contributed by atoms with Gasteiger partial charge >= 0.3 is 5.97 Å². The van der Waals surface area contributed by atoms with Gasteiger partial charge in [0.15, 0.2) is 0 Å². The van der Waals surface area contributed by atoms with Gasteiger partial charge in [0.1, 0.15) is 0 Å². The van der Waals surface area contributed by atoms with E-state index in [0.29, 0.717) is 0 Å². The zero-order chi connectivity index (χ0) is 13.7. The average molecular weight is 314 g/mol. The first kappa shape index (κ1) is 15.2. The van der Waals surface area contributed by atoms with Crippen LogP contribution in [0.4, 0.5) is 0 Å². The smallest absolute Gasteiger partial charge is 0.310 e. The first-order chi connectivity index (χ1) is 8.52. The molecule has 18 heavy (non-hydrogen) atoms. The normalized spacial score (nSPS) is 14.3. The Bertz CT molecular complexity index is 407. The third kappa shape index (κ3) is 3.33. The first-order valence-electron chi connectivity index (χ1n) is 6.01. The van der Waals surface area contributed by atoms with Gasteiger partial charge < -0.3 is 9.64 Å². The van der Waals surface area contributed by atoms with Crippen molar-refractivity contribution < 1.29 is 9.53 Å². The second kappa shape index (κ2) is 6.90. The van der Waals surface area contributed by atoms with E-state index in [1.54, 1.807) is 0 Å². The molecule has 0 N–H and O–H groups in total. The molecular formula is C14H20BrNO2. The molecule has 0 saturated heterocycles. The fourth-order valence-electron chi connectivity index (χ4n) is 2.24. The summed E-state index contributed by atoms with van der Waals surface area (Å²) in [7, 11) is 5.41. The number of nitrogens with zero attached hydrogens (tertiary/aromatic N) is 1. The van der Waals surface area contributed by atoms with Gasteiger partial charge in [-0.3, -0.25) is 4.79 Å². The van der Waals surface area contributed by atoms with Crippen molar-refractivity contribution >= 4 is 21.9 Å². The van der Waals surface area contributed by atoms with E-state index < -0.39 is 0 Å². The van der Waals surface area contributed by atoms with Crippen LogP contribution in [-0.4, -0.2) is 32.1 Å². The lowest BCUT2D eigenvalue weighted by Gasteiger charge is -2.31. The molecule has 0 spiro atoms. The van der Waals surface area contributed by atoms with Crippen molar-refractivity contribution in [3.63, 3.8) is 0 Å². The highest BCUT2D eigenvalue weighted by atomic mass is 79.9. The Balaban J connectivity index is 3.17. The van der Waals surface area contributed by atoms with Crippen LogP contribution in [0.1, 0.15) is 24.9 Å². The summed E-state index contributed by atoms with van der Waals surface area (Å²) < 4.78 is 5.93. The molecule has 0 bridgehead atoms. The molecule has 0 saturated carbocycles. The Morgan fingerprint density at radius 3 is 2.44 bits per heavy atom. The largest absolute Gasteiger partial charge is 0.469 e. The second-order valence-corrected chi connectivity index (χ2v) is 5.32. The molecule has 1 aromatic rings. The molecule has 0 fully saturated rings. The summed E-state index contributed by atoms with van der Waals surface area (Å²) in [6.07, 6.45) is 0.747. The first-order valence-corrected chi connectivity index (χ1v) is 6.80. The van der Waals surface area contributed by atoms with E-state index in [-0.39, 0.29) is 17.9 Å². The van der Waals surface area contributed by atoms with Gasteiger partial charge in [-0.25, -0.2) is 0 Å². The number of methoxy groups -OCH3 is 1. The molecular weight excluding hydrogens is 294 g/mol. The lowest BCUT2D eigenvalue weighted by molar-refractivity contribution is -0.148. The minimum atomic E-state index is -0.163. The van der Waals surface area contributed by atoms with E-state index in [0.717, 1.165) is 16.5 Å². The number of esters is 1. The molecule has 2 unspecified atom stereocenters. The topological polar surface area (TPSA) is 29.5 Å². The molecule has 0 aromatic heterocycles. The molecule has 1 aromatic carbocycles. The number of hydrogen-bond acceptors (Lipinski definition) is 3. The number of benzene rings is 1. The highest BCUT2D eigenvalue weighted by molar-refractivity contribution is 9.10. The molecule has 0 heterocycles. The number of hydrogen-bond donors (Lipinski definition) is 0. The SMILES string of the molecule is CCC(C(=O)OC)C(c1ccccc1Br)N(C)C. The van der Waals surface area contributed by atoms with Crippen LogP contribution in [0.5, 0.6) is 0 Å². The van der Waals surface area contributed by atoms with Crippen LogP contribution in [0.2, 0.25) is 0 Å². The van der Waals surface area contributed by atoms with E-state index in [9.17, 15) is 4.79 Å². The van der Waals surface area contributed by atoms with Crippen LogP contribution in [0.15, 0.2) is 28.7 Å². The quantitative estimate of drug-likeness (QED) is 0.781. The van der Waals surface area contributed by atoms with Gasteiger partial charge in [-0.15, -0.1) is 0 Å². The summed E-state index contributed by atoms with van der Waals surface area (Å²) in [4.78, 5) is 14.0. The van der Waals surface area contributed by atoms with E-state index >= 15 is 0 Å². The predicted octanol–water partition coefficient (Wildman–Crippen LogP) is 3.25. The minimum absolute atomic E-state index is 0.0121. The van der Waals surface area contributed by atoms with Crippen LogP contribution < -0.4 is 0 Å². The molecule has 100 valence electrons. The van der Waals surface area contributed by atoms with Crippen molar-refractivity contribution in [1.82, 2.24) is 4.90 Å². The Morgan fingerprint density at radius 1 is 1.39 bits per heavy atom. The maximum absolute atomic E-state index is 11.9. The van der Waals surface area contributed by atoms with Crippen molar-refractivity contribution in [2.24, 2.45) is 5.92 Å².